The number of aromatic nitrogens is 1. The lowest BCUT2D eigenvalue weighted by Crippen LogP contribution is -1.94. The minimum absolute atomic E-state index is 0.654. The average molecular weight is 344 g/mol. The lowest BCUT2D eigenvalue weighted by atomic mass is 10.0. The zero-order chi connectivity index (χ0) is 18.7. The summed E-state index contributed by atoms with van der Waals surface area (Å²) >= 11 is 0. The van der Waals surface area contributed by atoms with Crippen molar-refractivity contribution < 1.29 is 0 Å². The molecule has 0 amide bonds. The third-order valence-corrected chi connectivity index (χ3v) is 4.39. The molecule has 4 nitrogen and oxygen atoms in total. The van der Waals surface area contributed by atoms with Crippen molar-refractivity contribution in [1.82, 2.24) is 4.98 Å². The van der Waals surface area contributed by atoms with E-state index >= 15 is 0 Å². The zero-order valence-electron chi connectivity index (χ0n) is 15.2. The molecule has 0 radical (unpaired) electrons. The van der Waals surface area contributed by atoms with E-state index in [1.54, 1.807) is 0 Å². The minimum Gasteiger partial charge on any atom is -0.398 e. The van der Waals surface area contributed by atoms with Crippen LogP contribution in [0.3, 0.4) is 0 Å². The number of benzene rings is 3. The molecule has 0 aliphatic carbocycles. The molecule has 4 aromatic rings. The Bertz CT molecular complexity index is 1070. The van der Waals surface area contributed by atoms with E-state index < -0.39 is 0 Å². The first-order chi connectivity index (χ1) is 12.5. The number of nitrogen functional groups attached to an aromatic ring is 3. The lowest BCUT2D eigenvalue weighted by Gasteiger charge is -2.05. The fourth-order valence-electron chi connectivity index (χ4n) is 2.94. The second-order valence-electron chi connectivity index (χ2n) is 6.39. The summed E-state index contributed by atoms with van der Waals surface area (Å²) in [5, 5.41) is 3.34. The van der Waals surface area contributed by atoms with E-state index in [0.717, 1.165) is 39.5 Å². The summed E-state index contributed by atoms with van der Waals surface area (Å²) in [4.78, 5) is 4.36. The van der Waals surface area contributed by atoms with E-state index in [1.807, 2.05) is 49.4 Å². The number of hydrogen-bond acceptors (Lipinski definition) is 4. The van der Waals surface area contributed by atoms with E-state index in [2.05, 4.69) is 30.1 Å². The number of hydrogen-bond donors (Lipinski definition) is 3. The monoisotopic (exact) mass is 344 g/mol. The molecule has 3 aromatic carbocycles. The maximum absolute atomic E-state index is 5.82. The van der Waals surface area contributed by atoms with Crippen molar-refractivity contribution in [2.45, 2.75) is 20.3 Å². The molecule has 0 saturated heterocycles. The molecule has 0 unspecified atom stereocenters. The molecule has 0 atom stereocenters. The molecular weight excluding hydrogens is 320 g/mol. The number of pyridine rings is 1. The highest BCUT2D eigenvalue weighted by Crippen LogP contribution is 2.24. The molecule has 4 rings (SSSR count). The van der Waals surface area contributed by atoms with E-state index in [-0.39, 0.29) is 0 Å². The summed E-state index contributed by atoms with van der Waals surface area (Å²) in [5.74, 6) is 0. The van der Waals surface area contributed by atoms with Crippen LogP contribution in [0, 0.1) is 6.92 Å². The molecule has 0 aliphatic heterocycles. The van der Waals surface area contributed by atoms with E-state index in [1.165, 1.54) is 5.56 Å². The Labute approximate surface area is 153 Å². The van der Waals surface area contributed by atoms with Gasteiger partial charge in [0, 0.05) is 16.8 Å². The zero-order valence-corrected chi connectivity index (χ0v) is 15.2. The fraction of sp³-hybridized carbons (Fsp3) is 0.136. The van der Waals surface area contributed by atoms with Crippen molar-refractivity contribution in [2.75, 3.05) is 17.2 Å². The Hall–Kier alpha value is -3.27. The van der Waals surface area contributed by atoms with Crippen molar-refractivity contribution in [2.24, 2.45) is 0 Å². The molecule has 6 N–H and O–H groups in total. The van der Waals surface area contributed by atoms with Gasteiger partial charge in [-0.3, -0.25) is 4.98 Å². The topological polar surface area (TPSA) is 91.0 Å². The van der Waals surface area contributed by atoms with Gasteiger partial charge in [0.1, 0.15) is 0 Å². The predicted molar refractivity (Wildman–Crippen MR) is 113 cm³/mol. The SMILES string of the molecule is CCc1ccc2cc(N)c(N)cc2c1.Cc1cc(N)c2ccccc2n1. The average Bonchev–Trinajstić information content (AvgIpc) is 2.63. The first kappa shape index (κ1) is 17.5. The summed E-state index contributed by atoms with van der Waals surface area (Å²) in [7, 11) is 0. The van der Waals surface area contributed by atoms with Gasteiger partial charge in [-0.05, 0) is 53.9 Å². The summed E-state index contributed by atoms with van der Waals surface area (Å²) in [6.45, 7) is 4.09. The van der Waals surface area contributed by atoms with E-state index in [0.29, 0.717) is 11.4 Å². The summed E-state index contributed by atoms with van der Waals surface area (Å²) in [6.07, 6.45) is 1.04. The van der Waals surface area contributed by atoms with E-state index in [4.69, 9.17) is 17.2 Å². The number of fused-ring (bicyclic) bond motifs is 2. The fourth-order valence-corrected chi connectivity index (χ4v) is 2.94. The maximum Gasteiger partial charge on any atom is 0.0725 e. The van der Waals surface area contributed by atoms with E-state index in [9.17, 15) is 0 Å². The van der Waals surface area contributed by atoms with Gasteiger partial charge in [-0.1, -0.05) is 43.3 Å². The second kappa shape index (κ2) is 7.31. The Morgan fingerprint density at radius 1 is 0.769 bits per heavy atom. The summed E-state index contributed by atoms with van der Waals surface area (Å²) in [5.41, 5.74) is 22.7. The summed E-state index contributed by atoms with van der Waals surface area (Å²) in [6, 6.07) is 20.0. The van der Waals surface area contributed by atoms with Crippen LogP contribution in [-0.4, -0.2) is 4.98 Å². The van der Waals surface area contributed by atoms with Crippen molar-refractivity contribution in [3.8, 4) is 0 Å². The van der Waals surface area contributed by atoms with Crippen molar-refractivity contribution in [3.63, 3.8) is 0 Å². The first-order valence-corrected chi connectivity index (χ1v) is 8.67. The van der Waals surface area contributed by atoms with Gasteiger partial charge in [0.2, 0.25) is 0 Å². The molecule has 4 heteroatoms. The third kappa shape index (κ3) is 3.70. The Morgan fingerprint density at radius 2 is 1.46 bits per heavy atom. The molecule has 0 fully saturated rings. The molecule has 0 saturated carbocycles. The van der Waals surface area contributed by atoms with Crippen LogP contribution in [0.4, 0.5) is 17.1 Å². The Kier molecular flexibility index (Phi) is 4.94. The number of anilines is 3. The molecule has 0 spiro atoms. The molecule has 0 aliphatic rings. The van der Waals surface area contributed by atoms with Gasteiger partial charge in [0.15, 0.2) is 0 Å². The smallest absolute Gasteiger partial charge is 0.0725 e. The molecule has 132 valence electrons. The normalized spacial score (nSPS) is 10.5. The second-order valence-corrected chi connectivity index (χ2v) is 6.39. The number of rotatable bonds is 1. The minimum atomic E-state index is 0.654. The van der Waals surface area contributed by atoms with Crippen LogP contribution < -0.4 is 17.2 Å². The third-order valence-electron chi connectivity index (χ3n) is 4.39. The first-order valence-electron chi connectivity index (χ1n) is 8.67. The number of para-hydroxylation sites is 1. The van der Waals surface area contributed by atoms with Crippen molar-refractivity contribution in [3.05, 3.63) is 71.9 Å². The standard InChI is InChI=1S/C12H14N2.C10H10N2/c1-2-8-3-4-9-6-11(13)12(14)7-10(9)5-8;1-7-6-9(11)8-4-2-3-5-10(8)12-7/h3-7H,2,13-14H2,1H3;2-6H,1H3,(H2,11,12). The van der Waals surface area contributed by atoms with Gasteiger partial charge < -0.3 is 17.2 Å². The number of aryl methyl sites for hydroxylation is 2. The van der Waals surface area contributed by atoms with Crippen LogP contribution in [0.25, 0.3) is 21.7 Å². The van der Waals surface area contributed by atoms with Crippen LogP contribution in [-0.2, 0) is 6.42 Å². The van der Waals surface area contributed by atoms with Gasteiger partial charge in [0.25, 0.3) is 0 Å². The Morgan fingerprint density at radius 3 is 2.19 bits per heavy atom. The van der Waals surface area contributed by atoms with Gasteiger partial charge in [-0.15, -0.1) is 0 Å². The van der Waals surface area contributed by atoms with Gasteiger partial charge in [-0.25, -0.2) is 0 Å². The molecular formula is C22H24N4. The Balaban J connectivity index is 0.000000152. The number of nitrogens with two attached hydrogens (primary N) is 3. The molecule has 1 heterocycles. The molecule has 26 heavy (non-hydrogen) atoms. The van der Waals surface area contributed by atoms with Crippen molar-refractivity contribution >= 4 is 38.7 Å². The van der Waals surface area contributed by atoms with Gasteiger partial charge in [0.05, 0.1) is 16.9 Å². The van der Waals surface area contributed by atoms with Crippen LogP contribution in [0.1, 0.15) is 18.2 Å². The number of nitrogens with zero attached hydrogens (tertiary/aromatic N) is 1. The summed E-state index contributed by atoms with van der Waals surface area (Å²) < 4.78 is 0. The highest BCUT2D eigenvalue weighted by molar-refractivity contribution is 5.91. The lowest BCUT2D eigenvalue weighted by molar-refractivity contribution is 1.15. The van der Waals surface area contributed by atoms with Gasteiger partial charge in [-0.2, -0.15) is 0 Å². The van der Waals surface area contributed by atoms with Crippen LogP contribution >= 0.6 is 0 Å². The highest BCUT2D eigenvalue weighted by atomic mass is 14.7. The van der Waals surface area contributed by atoms with Gasteiger partial charge >= 0.3 is 0 Å². The molecule has 0 bridgehead atoms. The largest absolute Gasteiger partial charge is 0.398 e. The highest BCUT2D eigenvalue weighted by Gasteiger charge is 2.00. The maximum atomic E-state index is 5.82. The predicted octanol–water partition coefficient (Wildman–Crippen LogP) is 4.69. The van der Waals surface area contributed by atoms with Crippen LogP contribution in [0.5, 0.6) is 0 Å². The van der Waals surface area contributed by atoms with Crippen LogP contribution in [0.15, 0.2) is 60.7 Å². The molecule has 1 aromatic heterocycles. The van der Waals surface area contributed by atoms with Crippen LogP contribution in [0.2, 0.25) is 0 Å². The quantitative estimate of drug-likeness (QED) is 0.437. The van der Waals surface area contributed by atoms with Crippen molar-refractivity contribution in [1.29, 1.82) is 0 Å².